The lowest BCUT2D eigenvalue weighted by atomic mass is 9.83. The number of pyridine rings is 1. The van der Waals surface area contributed by atoms with Gasteiger partial charge >= 0.3 is 6.01 Å². The molecule has 3 aliphatic heterocycles. The van der Waals surface area contributed by atoms with Crippen LogP contribution in [0.1, 0.15) is 30.9 Å². The number of methoxy groups -OCH3 is 1. The Kier molecular flexibility index (Phi) is 4.83. The Balaban J connectivity index is 1.38. The molecule has 0 saturated carbocycles. The lowest BCUT2D eigenvalue weighted by Gasteiger charge is -2.42. The van der Waals surface area contributed by atoms with Crippen LogP contribution >= 0.6 is 0 Å². The Morgan fingerprint density at radius 1 is 1.24 bits per heavy atom. The summed E-state index contributed by atoms with van der Waals surface area (Å²) < 4.78 is 12.9. The van der Waals surface area contributed by atoms with Crippen LogP contribution in [0, 0.1) is 5.92 Å². The summed E-state index contributed by atoms with van der Waals surface area (Å²) in [5, 5.41) is 3.27. The summed E-state index contributed by atoms with van der Waals surface area (Å²) in [6.07, 6.45) is 3.44. The van der Waals surface area contributed by atoms with Gasteiger partial charge in [0.25, 0.3) is 5.56 Å². The molecule has 9 nitrogen and oxygen atoms in total. The molecular formula is C20H26N6O3. The fourth-order valence-electron chi connectivity index (χ4n) is 4.73. The summed E-state index contributed by atoms with van der Waals surface area (Å²) in [7, 11) is 1.57. The van der Waals surface area contributed by atoms with E-state index in [4.69, 9.17) is 9.47 Å². The number of ether oxygens (including phenoxy) is 2. The fraction of sp³-hybridized carbons (Fsp3) is 0.600. The average molecular weight is 398 g/mol. The first-order chi connectivity index (χ1) is 14.2. The molecule has 2 bridgehead atoms. The molecule has 154 valence electrons. The molecule has 0 aliphatic carbocycles. The molecule has 3 aliphatic rings. The Morgan fingerprint density at radius 3 is 3.00 bits per heavy atom. The molecule has 5 rings (SSSR count). The molecule has 0 radical (unpaired) electrons. The van der Waals surface area contributed by atoms with Crippen molar-refractivity contribution in [2.75, 3.05) is 43.6 Å². The second-order valence-corrected chi connectivity index (χ2v) is 8.06. The Hall–Kier alpha value is -2.68. The van der Waals surface area contributed by atoms with Gasteiger partial charge in [-0.25, -0.2) is 0 Å². The number of fused-ring (bicyclic) bond motifs is 4. The summed E-state index contributed by atoms with van der Waals surface area (Å²) >= 11 is 0. The number of aromatic nitrogens is 4. The van der Waals surface area contributed by atoms with E-state index in [0.29, 0.717) is 36.3 Å². The first kappa shape index (κ1) is 18.4. The number of nitrogens with one attached hydrogen (secondary N) is 1. The molecule has 9 heteroatoms. The van der Waals surface area contributed by atoms with Crippen LogP contribution in [0.4, 0.5) is 11.9 Å². The van der Waals surface area contributed by atoms with Crippen LogP contribution < -0.4 is 20.5 Å². The van der Waals surface area contributed by atoms with Gasteiger partial charge in [0, 0.05) is 50.5 Å². The molecule has 0 spiro atoms. The number of hydrogen-bond acceptors (Lipinski definition) is 8. The summed E-state index contributed by atoms with van der Waals surface area (Å²) in [6.45, 7) is 3.83. The molecule has 0 aromatic carbocycles. The number of piperidine rings is 1. The smallest absolute Gasteiger partial charge is 0.322 e. The highest BCUT2D eigenvalue weighted by Crippen LogP contribution is 2.36. The van der Waals surface area contributed by atoms with Crippen molar-refractivity contribution >= 4 is 11.9 Å². The van der Waals surface area contributed by atoms with Crippen LogP contribution in [0.2, 0.25) is 0 Å². The second kappa shape index (κ2) is 7.62. The minimum absolute atomic E-state index is 0.0908. The van der Waals surface area contributed by atoms with Gasteiger partial charge in [-0.3, -0.25) is 4.79 Å². The number of hydrogen-bond donors (Lipinski definition) is 1. The van der Waals surface area contributed by atoms with Gasteiger partial charge in [0.2, 0.25) is 11.9 Å². The Labute approximate surface area is 169 Å². The van der Waals surface area contributed by atoms with Crippen molar-refractivity contribution < 1.29 is 9.47 Å². The summed E-state index contributed by atoms with van der Waals surface area (Å²) in [4.78, 5) is 27.9. The first-order valence-corrected chi connectivity index (χ1v) is 10.3. The van der Waals surface area contributed by atoms with E-state index >= 15 is 0 Å². The minimum Gasteiger partial charge on any atom is -0.467 e. The van der Waals surface area contributed by atoms with Crippen LogP contribution in [0.3, 0.4) is 0 Å². The van der Waals surface area contributed by atoms with E-state index < -0.39 is 0 Å². The normalized spacial score (nSPS) is 25.6. The number of nitrogens with zero attached hydrogens (tertiary/aromatic N) is 5. The van der Waals surface area contributed by atoms with Crippen molar-refractivity contribution in [2.24, 2.45) is 5.92 Å². The minimum atomic E-state index is 0.0908. The highest BCUT2D eigenvalue weighted by atomic mass is 16.5. The van der Waals surface area contributed by atoms with Crippen molar-refractivity contribution in [1.82, 2.24) is 19.5 Å². The molecule has 5 heterocycles. The maximum absolute atomic E-state index is 12.2. The van der Waals surface area contributed by atoms with E-state index in [9.17, 15) is 4.79 Å². The maximum Gasteiger partial charge on any atom is 0.322 e. The lowest BCUT2D eigenvalue weighted by molar-refractivity contribution is 0.120. The molecule has 3 atom stereocenters. The van der Waals surface area contributed by atoms with Crippen molar-refractivity contribution in [3.05, 3.63) is 34.2 Å². The van der Waals surface area contributed by atoms with Crippen LogP contribution in [-0.2, 0) is 11.3 Å². The van der Waals surface area contributed by atoms with Crippen molar-refractivity contribution in [3.63, 3.8) is 0 Å². The second-order valence-electron chi connectivity index (χ2n) is 8.06. The zero-order valence-corrected chi connectivity index (χ0v) is 16.6. The van der Waals surface area contributed by atoms with E-state index in [1.807, 2.05) is 10.6 Å². The van der Waals surface area contributed by atoms with Gasteiger partial charge in [0.15, 0.2) is 0 Å². The zero-order chi connectivity index (χ0) is 19.8. The molecule has 0 unspecified atom stereocenters. The van der Waals surface area contributed by atoms with Crippen molar-refractivity contribution in [2.45, 2.75) is 37.8 Å². The Bertz CT molecular complexity index is 942. The third-order valence-electron chi connectivity index (χ3n) is 6.06. The highest BCUT2D eigenvalue weighted by molar-refractivity contribution is 5.40. The molecular weight excluding hydrogens is 372 g/mol. The first-order valence-electron chi connectivity index (χ1n) is 10.3. The zero-order valence-electron chi connectivity index (χ0n) is 16.6. The molecule has 29 heavy (non-hydrogen) atoms. The van der Waals surface area contributed by atoms with Gasteiger partial charge in [-0.1, -0.05) is 6.07 Å². The lowest BCUT2D eigenvalue weighted by Crippen LogP contribution is -2.47. The van der Waals surface area contributed by atoms with Gasteiger partial charge in [-0.05, 0) is 31.2 Å². The van der Waals surface area contributed by atoms with Gasteiger partial charge in [0.1, 0.15) is 0 Å². The van der Waals surface area contributed by atoms with Gasteiger partial charge in [-0.15, -0.1) is 0 Å². The Morgan fingerprint density at radius 2 is 2.17 bits per heavy atom. The largest absolute Gasteiger partial charge is 0.467 e. The summed E-state index contributed by atoms with van der Waals surface area (Å²) in [6, 6.07) is 5.86. The van der Waals surface area contributed by atoms with E-state index in [1.165, 1.54) is 0 Å². The van der Waals surface area contributed by atoms with Gasteiger partial charge < -0.3 is 24.3 Å². The van der Waals surface area contributed by atoms with E-state index in [1.54, 1.807) is 13.2 Å². The third kappa shape index (κ3) is 3.66. The quantitative estimate of drug-likeness (QED) is 0.804. The molecule has 1 N–H and O–H groups in total. The monoisotopic (exact) mass is 398 g/mol. The van der Waals surface area contributed by atoms with Crippen molar-refractivity contribution in [1.29, 1.82) is 0 Å². The van der Waals surface area contributed by atoms with Crippen LogP contribution in [-0.4, -0.2) is 59.0 Å². The van der Waals surface area contributed by atoms with E-state index in [2.05, 4.69) is 31.2 Å². The standard InChI is InChI=1S/C20H26N6O3/c1-28-20-23-18(21-9-15-4-3-7-29-15)22-19(24-20)25-10-13-8-14(12-25)16-5-2-6-17(27)26(16)11-13/h2,5-6,13-15H,3-4,7-12H2,1H3,(H,21,22,23,24)/t13-,14+,15-/m0/s1. The summed E-state index contributed by atoms with van der Waals surface area (Å²) in [5.41, 5.74) is 1.20. The molecule has 2 aromatic heterocycles. The molecule has 2 saturated heterocycles. The van der Waals surface area contributed by atoms with Crippen molar-refractivity contribution in [3.8, 4) is 6.01 Å². The van der Waals surface area contributed by atoms with Crippen LogP contribution in [0.5, 0.6) is 6.01 Å². The fourth-order valence-corrected chi connectivity index (χ4v) is 4.73. The van der Waals surface area contributed by atoms with Gasteiger partial charge in [-0.2, -0.15) is 15.0 Å². The third-order valence-corrected chi connectivity index (χ3v) is 6.06. The van der Waals surface area contributed by atoms with Crippen LogP contribution in [0.25, 0.3) is 0 Å². The molecule has 2 aromatic rings. The topological polar surface area (TPSA) is 94.4 Å². The predicted molar refractivity (Wildman–Crippen MR) is 108 cm³/mol. The van der Waals surface area contributed by atoms with Gasteiger partial charge in [0.05, 0.1) is 13.2 Å². The predicted octanol–water partition coefficient (Wildman–Crippen LogP) is 1.26. The number of anilines is 2. The molecule has 2 fully saturated rings. The number of rotatable bonds is 5. The SMILES string of the molecule is COc1nc(NC[C@@H]2CCCO2)nc(N2C[C@@H]3C[C@H](C2)c2cccc(=O)n2C3)n1. The average Bonchev–Trinajstić information content (AvgIpc) is 3.26. The molecule has 0 amide bonds. The van der Waals surface area contributed by atoms with E-state index in [-0.39, 0.29) is 11.7 Å². The summed E-state index contributed by atoms with van der Waals surface area (Å²) in [5.74, 6) is 1.82. The van der Waals surface area contributed by atoms with Crippen LogP contribution in [0.15, 0.2) is 23.0 Å². The highest BCUT2D eigenvalue weighted by Gasteiger charge is 2.35. The maximum atomic E-state index is 12.2. The van der Waals surface area contributed by atoms with E-state index in [0.717, 1.165) is 51.2 Å².